The molecule has 4 nitrogen and oxygen atoms in total. The van der Waals surface area contributed by atoms with E-state index >= 15 is 0 Å². The van der Waals surface area contributed by atoms with E-state index in [2.05, 4.69) is 19.2 Å². The Morgan fingerprint density at radius 3 is 2.71 bits per heavy atom. The Morgan fingerprint density at radius 2 is 2.18 bits per heavy atom. The van der Waals surface area contributed by atoms with Crippen LogP contribution in [0.4, 0.5) is 15.8 Å². The van der Waals surface area contributed by atoms with Crippen molar-refractivity contribution in [2.45, 2.75) is 27.2 Å². The summed E-state index contributed by atoms with van der Waals surface area (Å²) in [6, 6.07) is 2.45. The van der Waals surface area contributed by atoms with Crippen molar-refractivity contribution in [3.8, 4) is 0 Å². The molecule has 0 spiro atoms. The van der Waals surface area contributed by atoms with Gasteiger partial charge in [-0.3, -0.25) is 10.1 Å². The summed E-state index contributed by atoms with van der Waals surface area (Å²) in [5.41, 5.74) is 0.577. The van der Waals surface area contributed by atoms with Gasteiger partial charge in [0.05, 0.1) is 11.0 Å². The third-order valence-corrected chi connectivity index (χ3v) is 2.81. The lowest BCUT2D eigenvalue weighted by Gasteiger charge is -2.12. The first kappa shape index (κ1) is 13.4. The summed E-state index contributed by atoms with van der Waals surface area (Å²) < 4.78 is 13.3. The van der Waals surface area contributed by atoms with Gasteiger partial charge in [0.15, 0.2) is 0 Å². The minimum Gasteiger partial charge on any atom is -0.379 e. The van der Waals surface area contributed by atoms with Gasteiger partial charge in [-0.05, 0) is 24.5 Å². The summed E-state index contributed by atoms with van der Waals surface area (Å²) in [4.78, 5) is 10.2. The fourth-order valence-corrected chi connectivity index (χ4v) is 1.39. The minimum atomic E-state index is -0.568. The van der Waals surface area contributed by atoms with Crippen LogP contribution in [0, 0.1) is 28.8 Å². The Hall–Kier alpha value is -1.65. The van der Waals surface area contributed by atoms with E-state index in [1.54, 1.807) is 6.92 Å². The van der Waals surface area contributed by atoms with Gasteiger partial charge in [0.1, 0.15) is 11.5 Å². The molecule has 1 aromatic carbocycles. The SMILES string of the molecule is CCC(C)CNc1cc(C)c(F)cc1[N+](=O)[O-]. The van der Waals surface area contributed by atoms with E-state index in [-0.39, 0.29) is 5.69 Å². The quantitative estimate of drug-likeness (QED) is 0.633. The molecule has 0 bridgehead atoms. The highest BCUT2D eigenvalue weighted by atomic mass is 19.1. The zero-order valence-corrected chi connectivity index (χ0v) is 10.3. The number of nitro groups is 1. The van der Waals surface area contributed by atoms with Gasteiger partial charge < -0.3 is 5.32 Å². The van der Waals surface area contributed by atoms with Crippen LogP contribution in [0.3, 0.4) is 0 Å². The minimum absolute atomic E-state index is 0.212. The summed E-state index contributed by atoms with van der Waals surface area (Å²) >= 11 is 0. The van der Waals surface area contributed by atoms with Crippen LogP contribution in [-0.4, -0.2) is 11.5 Å². The molecule has 0 saturated carbocycles. The van der Waals surface area contributed by atoms with Crippen LogP contribution in [0.2, 0.25) is 0 Å². The van der Waals surface area contributed by atoms with Gasteiger partial charge in [-0.25, -0.2) is 4.39 Å². The highest BCUT2D eigenvalue weighted by molar-refractivity contribution is 5.63. The largest absolute Gasteiger partial charge is 0.379 e. The van der Waals surface area contributed by atoms with E-state index in [0.29, 0.717) is 23.7 Å². The van der Waals surface area contributed by atoms with Crippen molar-refractivity contribution in [3.05, 3.63) is 33.6 Å². The molecule has 1 atom stereocenters. The molecule has 0 aliphatic rings. The van der Waals surface area contributed by atoms with Crippen LogP contribution in [0.25, 0.3) is 0 Å². The smallest absolute Gasteiger partial charge is 0.295 e. The van der Waals surface area contributed by atoms with Gasteiger partial charge in [0.25, 0.3) is 5.69 Å². The Bertz CT molecular complexity index is 421. The number of hydrogen-bond acceptors (Lipinski definition) is 3. The van der Waals surface area contributed by atoms with Crippen molar-refractivity contribution in [3.63, 3.8) is 0 Å². The number of aryl methyl sites for hydroxylation is 1. The molecule has 1 rings (SSSR count). The van der Waals surface area contributed by atoms with Crippen LogP contribution < -0.4 is 5.32 Å². The molecule has 0 saturated heterocycles. The average molecular weight is 240 g/mol. The fourth-order valence-electron chi connectivity index (χ4n) is 1.39. The molecule has 1 N–H and O–H groups in total. The molecule has 17 heavy (non-hydrogen) atoms. The predicted molar refractivity (Wildman–Crippen MR) is 65.7 cm³/mol. The summed E-state index contributed by atoms with van der Waals surface area (Å²) in [7, 11) is 0. The zero-order valence-electron chi connectivity index (χ0n) is 10.3. The standard InChI is InChI=1S/C12H17FN2O2/c1-4-8(2)7-14-11-5-9(3)10(13)6-12(11)15(16)17/h5-6,8,14H,4,7H2,1-3H3. The van der Waals surface area contributed by atoms with Crippen molar-refractivity contribution in [1.29, 1.82) is 0 Å². The predicted octanol–water partition coefficient (Wildman–Crippen LogP) is 3.50. The molecular formula is C12H17FN2O2. The lowest BCUT2D eigenvalue weighted by Crippen LogP contribution is -2.11. The van der Waals surface area contributed by atoms with Crippen molar-refractivity contribution >= 4 is 11.4 Å². The first-order chi connectivity index (χ1) is 7.95. The molecule has 0 radical (unpaired) electrons. The van der Waals surface area contributed by atoms with Gasteiger partial charge in [0, 0.05) is 6.54 Å². The maximum absolute atomic E-state index is 13.3. The van der Waals surface area contributed by atoms with Gasteiger partial charge in [0.2, 0.25) is 0 Å². The van der Waals surface area contributed by atoms with Gasteiger partial charge in [-0.2, -0.15) is 0 Å². The number of nitro benzene ring substituents is 1. The second-order valence-corrected chi connectivity index (χ2v) is 4.27. The summed E-state index contributed by atoms with van der Waals surface area (Å²) in [5, 5.41) is 13.8. The number of nitrogens with one attached hydrogen (secondary N) is 1. The van der Waals surface area contributed by atoms with Crippen molar-refractivity contribution in [2.75, 3.05) is 11.9 Å². The third kappa shape index (κ3) is 3.41. The van der Waals surface area contributed by atoms with E-state index in [0.717, 1.165) is 12.5 Å². The first-order valence-corrected chi connectivity index (χ1v) is 5.64. The lowest BCUT2D eigenvalue weighted by molar-refractivity contribution is -0.384. The van der Waals surface area contributed by atoms with Gasteiger partial charge in [-0.1, -0.05) is 20.3 Å². The molecule has 0 heterocycles. The summed E-state index contributed by atoms with van der Waals surface area (Å²) in [6.07, 6.45) is 0.987. The number of nitrogens with zero attached hydrogens (tertiary/aromatic N) is 1. The molecule has 1 unspecified atom stereocenters. The molecule has 5 heteroatoms. The van der Waals surface area contributed by atoms with Crippen LogP contribution in [0.5, 0.6) is 0 Å². The number of halogens is 1. The first-order valence-electron chi connectivity index (χ1n) is 5.64. The number of rotatable bonds is 5. The van der Waals surface area contributed by atoms with E-state index in [1.165, 1.54) is 6.07 Å². The van der Waals surface area contributed by atoms with E-state index < -0.39 is 10.7 Å². The number of anilines is 1. The maximum atomic E-state index is 13.3. The zero-order chi connectivity index (χ0) is 13.0. The normalized spacial score (nSPS) is 12.2. The molecule has 0 aliphatic heterocycles. The second kappa shape index (κ2) is 5.61. The van der Waals surface area contributed by atoms with E-state index in [9.17, 15) is 14.5 Å². The number of hydrogen-bond donors (Lipinski definition) is 1. The molecule has 0 amide bonds. The molecule has 0 fully saturated rings. The van der Waals surface area contributed by atoms with Gasteiger partial charge >= 0.3 is 0 Å². The topological polar surface area (TPSA) is 55.2 Å². The Balaban J connectivity index is 2.96. The van der Waals surface area contributed by atoms with Crippen molar-refractivity contribution < 1.29 is 9.31 Å². The third-order valence-electron chi connectivity index (χ3n) is 2.81. The Morgan fingerprint density at radius 1 is 1.53 bits per heavy atom. The van der Waals surface area contributed by atoms with Gasteiger partial charge in [-0.15, -0.1) is 0 Å². The van der Waals surface area contributed by atoms with E-state index in [1.807, 2.05) is 0 Å². The van der Waals surface area contributed by atoms with Crippen LogP contribution in [0.15, 0.2) is 12.1 Å². The van der Waals surface area contributed by atoms with Crippen LogP contribution in [-0.2, 0) is 0 Å². The molecule has 94 valence electrons. The molecule has 0 aromatic heterocycles. The number of benzene rings is 1. The summed E-state index contributed by atoms with van der Waals surface area (Å²) in [5.74, 6) is -0.134. The van der Waals surface area contributed by atoms with Crippen molar-refractivity contribution in [1.82, 2.24) is 0 Å². The second-order valence-electron chi connectivity index (χ2n) is 4.27. The molecular weight excluding hydrogens is 223 g/mol. The monoisotopic (exact) mass is 240 g/mol. The summed E-state index contributed by atoms with van der Waals surface area (Å²) in [6.45, 7) is 6.34. The molecule has 1 aromatic rings. The van der Waals surface area contributed by atoms with Crippen molar-refractivity contribution in [2.24, 2.45) is 5.92 Å². The Kier molecular flexibility index (Phi) is 4.43. The van der Waals surface area contributed by atoms with E-state index in [4.69, 9.17) is 0 Å². The Labute approximate surface area is 100.0 Å². The average Bonchev–Trinajstić information content (AvgIpc) is 2.29. The maximum Gasteiger partial charge on any atom is 0.295 e. The highest BCUT2D eigenvalue weighted by Crippen LogP contribution is 2.27. The molecule has 0 aliphatic carbocycles. The van der Waals surface area contributed by atoms with Crippen LogP contribution >= 0.6 is 0 Å². The fraction of sp³-hybridized carbons (Fsp3) is 0.500. The lowest BCUT2D eigenvalue weighted by atomic mass is 10.1. The van der Waals surface area contributed by atoms with Crippen LogP contribution in [0.1, 0.15) is 25.8 Å². The highest BCUT2D eigenvalue weighted by Gasteiger charge is 2.17.